The maximum atomic E-state index is 14.2. The first kappa shape index (κ1) is 20.9. The van der Waals surface area contributed by atoms with Gasteiger partial charge in [-0.25, -0.2) is 8.78 Å². The molecule has 0 spiro atoms. The zero-order valence-electron chi connectivity index (χ0n) is 16.7. The number of para-hydroxylation sites is 1. The topological polar surface area (TPSA) is 74.3 Å². The number of hydrogen-bond acceptors (Lipinski definition) is 4. The fourth-order valence-corrected chi connectivity index (χ4v) is 2.98. The molecule has 2 amide bonds. The molecule has 8 heteroatoms. The lowest BCUT2D eigenvalue weighted by Gasteiger charge is -2.17. The summed E-state index contributed by atoms with van der Waals surface area (Å²) in [5.41, 5.74) is 1.27. The van der Waals surface area contributed by atoms with Crippen LogP contribution in [0.1, 0.15) is 26.3 Å². The first-order valence-corrected chi connectivity index (χ1v) is 9.06. The standard InChI is InChI=1S/C22H20F2N4O2/c1-13-5-4-6-16(19(13)27-21(29)14-7-9-25-10-8-14)22(30)26-15-11-17(23)20(28(2)3)18(24)12-15/h4-12H,1-3H3,(H,26,30)(H,27,29). The first-order chi connectivity index (χ1) is 14.3. The van der Waals surface area contributed by atoms with Gasteiger partial charge in [0, 0.05) is 37.7 Å². The Morgan fingerprint density at radius 1 is 0.933 bits per heavy atom. The number of carbonyl (C=O) groups is 2. The van der Waals surface area contributed by atoms with Crippen molar-refractivity contribution in [3.63, 3.8) is 0 Å². The van der Waals surface area contributed by atoms with Crippen LogP contribution < -0.4 is 15.5 Å². The van der Waals surface area contributed by atoms with Gasteiger partial charge in [0.2, 0.25) is 0 Å². The Kier molecular flexibility index (Phi) is 6.06. The van der Waals surface area contributed by atoms with E-state index in [2.05, 4.69) is 15.6 Å². The fourth-order valence-electron chi connectivity index (χ4n) is 2.98. The van der Waals surface area contributed by atoms with Gasteiger partial charge in [-0.05, 0) is 42.8 Å². The van der Waals surface area contributed by atoms with E-state index >= 15 is 0 Å². The number of benzene rings is 2. The number of rotatable bonds is 5. The van der Waals surface area contributed by atoms with E-state index < -0.39 is 23.4 Å². The molecule has 0 aliphatic heterocycles. The van der Waals surface area contributed by atoms with Crippen molar-refractivity contribution in [2.75, 3.05) is 29.6 Å². The highest BCUT2D eigenvalue weighted by Crippen LogP contribution is 2.27. The predicted octanol–water partition coefficient (Wildman–Crippen LogP) is 4.24. The second-order valence-electron chi connectivity index (χ2n) is 6.82. The van der Waals surface area contributed by atoms with Gasteiger partial charge in [-0.2, -0.15) is 0 Å². The lowest BCUT2D eigenvalue weighted by Crippen LogP contribution is -2.20. The van der Waals surface area contributed by atoms with E-state index in [1.807, 2.05) is 0 Å². The van der Waals surface area contributed by atoms with Crippen molar-refractivity contribution in [3.8, 4) is 0 Å². The van der Waals surface area contributed by atoms with Gasteiger partial charge in [-0.3, -0.25) is 14.6 Å². The third-order valence-corrected chi connectivity index (χ3v) is 4.42. The Balaban J connectivity index is 1.89. The molecule has 0 unspecified atom stereocenters. The molecule has 0 aliphatic rings. The minimum Gasteiger partial charge on any atom is -0.373 e. The molecule has 0 saturated heterocycles. The Bertz CT molecular complexity index is 1080. The highest BCUT2D eigenvalue weighted by Gasteiger charge is 2.19. The number of nitrogens with one attached hydrogen (secondary N) is 2. The Labute approximate surface area is 172 Å². The van der Waals surface area contributed by atoms with Crippen LogP contribution in [0.5, 0.6) is 0 Å². The predicted molar refractivity (Wildman–Crippen MR) is 112 cm³/mol. The normalized spacial score (nSPS) is 10.4. The van der Waals surface area contributed by atoms with Gasteiger partial charge in [0.15, 0.2) is 11.6 Å². The summed E-state index contributed by atoms with van der Waals surface area (Å²) >= 11 is 0. The van der Waals surface area contributed by atoms with Crippen LogP contribution in [0.15, 0.2) is 54.9 Å². The minimum atomic E-state index is -0.800. The van der Waals surface area contributed by atoms with Crippen LogP contribution in [-0.2, 0) is 0 Å². The fraction of sp³-hybridized carbons (Fsp3) is 0.136. The van der Waals surface area contributed by atoms with Gasteiger partial charge < -0.3 is 15.5 Å². The SMILES string of the molecule is Cc1cccc(C(=O)Nc2cc(F)c(N(C)C)c(F)c2)c1NC(=O)c1ccncc1. The van der Waals surface area contributed by atoms with Crippen molar-refractivity contribution >= 4 is 28.9 Å². The maximum absolute atomic E-state index is 14.2. The zero-order chi connectivity index (χ0) is 21.8. The van der Waals surface area contributed by atoms with Crippen LogP contribution in [0.25, 0.3) is 0 Å². The molecule has 0 radical (unpaired) electrons. The Hall–Kier alpha value is -3.81. The Morgan fingerprint density at radius 2 is 1.57 bits per heavy atom. The molecule has 6 nitrogen and oxygen atoms in total. The number of nitrogens with zero attached hydrogens (tertiary/aromatic N) is 2. The highest BCUT2D eigenvalue weighted by atomic mass is 19.1. The van der Waals surface area contributed by atoms with E-state index in [-0.39, 0.29) is 16.9 Å². The molecule has 0 bridgehead atoms. The molecule has 0 aliphatic carbocycles. The molecule has 3 aromatic rings. The maximum Gasteiger partial charge on any atom is 0.257 e. The molecule has 154 valence electrons. The first-order valence-electron chi connectivity index (χ1n) is 9.06. The van der Waals surface area contributed by atoms with Crippen LogP contribution in [-0.4, -0.2) is 30.9 Å². The lowest BCUT2D eigenvalue weighted by molar-refractivity contribution is 0.102. The number of amides is 2. The smallest absolute Gasteiger partial charge is 0.257 e. The molecule has 1 heterocycles. The average Bonchev–Trinajstić information content (AvgIpc) is 2.69. The van der Waals surface area contributed by atoms with Crippen molar-refractivity contribution in [2.45, 2.75) is 6.92 Å². The summed E-state index contributed by atoms with van der Waals surface area (Å²) in [4.78, 5) is 30.5. The third kappa shape index (κ3) is 4.43. The van der Waals surface area contributed by atoms with Crippen molar-refractivity contribution in [2.24, 2.45) is 0 Å². The van der Waals surface area contributed by atoms with E-state index in [9.17, 15) is 18.4 Å². The van der Waals surface area contributed by atoms with Crippen LogP contribution >= 0.6 is 0 Å². The largest absolute Gasteiger partial charge is 0.373 e. The van der Waals surface area contributed by atoms with Gasteiger partial charge in [0.25, 0.3) is 11.8 Å². The number of halogens is 2. The summed E-state index contributed by atoms with van der Waals surface area (Å²) in [6.45, 7) is 1.74. The molecule has 0 fully saturated rings. The van der Waals surface area contributed by atoms with E-state index in [1.165, 1.54) is 37.5 Å². The zero-order valence-corrected chi connectivity index (χ0v) is 16.7. The average molecular weight is 410 g/mol. The molecular formula is C22H20F2N4O2. The summed E-state index contributed by atoms with van der Waals surface area (Å²) in [5, 5.41) is 5.21. The molecule has 2 N–H and O–H groups in total. The monoisotopic (exact) mass is 410 g/mol. The molecule has 30 heavy (non-hydrogen) atoms. The molecule has 0 saturated carbocycles. The van der Waals surface area contributed by atoms with Crippen molar-refractivity contribution in [1.29, 1.82) is 0 Å². The number of anilines is 3. The van der Waals surface area contributed by atoms with Gasteiger partial charge >= 0.3 is 0 Å². The summed E-state index contributed by atoms with van der Waals surface area (Å²) in [6.07, 6.45) is 2.97. The van der Waals surface area contributed by atoms with Crippen LogP contribution in [0.4, 0.5) is 25.8 Å². The summed E-state index contributed by atoms with van der Waals surface area (Å²) in [7, 11) is 3.04. The lowest BCUT2D eigenvalue weighted by atomic mass is 10.1. The summed E-state index contributed by atoms with van der Waals surface area (Å²) in [6, 6.07) is 10.1. The highest BCUT2D eigenvalue weighted by molar-refractivity contribution is 6.13. The molecule has 0 atom stereocenters. The molecular weight excluding hydrogens is 390 g/mol. The third-order valence-electron chi connectivity index (χ3n) is 4.42. The van der Waals surface area contributed by atoms with Crippen molar-refractivity contribution < 1.29 is 18.4 Å². The summed E-state index contributed by atoms with van der Waals surface area (Å²) < 4.78 is 28.4. The van der Waals surface area contributed by atoms with E-state index in [0.29, 0.717) is 16.8 Å². The van der Waals surface area contributed by atoms with Gasteiger partial charge in [0.1, 0.15) is 5.69 Å². The van der Waals surface area contributed by atoms with Gasteiger partial charge in [-0.15, -0.1) is 0 Å². The second kappa shape index (κ2) is 8.69. The number of pyridine rings is 1. The molecule has 1 aromatic heterocycles. The Morgan fingerprint density at radius 3 is 2.17 bits per heavy atom. The van der Waals surface area contributed by atoms with E-state index in [0.717, 1.165) is 12.1 Å². The number of hydrogen-bond donors (Lipinski definition) is 2. The van der Waals surface area contributed by atoms with E-state index in [4.69, 9.17) is 0 Å². The number of carbonyl (C=O) groups excluding carboxylic acids is 2. The quantitative estimate of drug-likeness (QED) is 0.660. The van der Waals surface area contributed by atoms with Crippen LogP contribution in [0, 0.1) is 18.6 Å². The summed E-state index contributed by atoms with van der Waals surface area (Å²) in [5.74, 6) is -2.62. The van der Waals surface area contributed by atoms with Gasteiger partial charge in [0.05, 0.1) is 11.3 Å². The number of aromatic nitrogens is 1. The minimum absolute atomic E-state index is 0.0338. The molecule has 2 aromatic carbocycles. The van der Waals surface area contributed by atoms with Crippen molar-refractivity contribution in [1.82, 2.24) is 4.98 Å². The van der Waals surface area contributed by atoms with E-state index in [1.54, 1.807) is 31.2 Å². The second-order valence-corrected chi connectivity index (χ2v) is 6.82. The van der Waals surface area contributed by atoms with Crippen LogP contribution in [0.2, 0.25) is 0 Å². The number of aryl methyl sites for hydroxylation is 1. The molecule has 3 rings (SSSR count). The van der Waals surface area contributed by atoms with Crippen LogP contribution in [0.3, 0.4) is 0 Å². The van der Waals surface area contributed by atoms with Gasteiger partial charge in [-0.1, -0.05) is 12.1 Å². The van der Waals surface area contributed by atoms with Crippen molar-refractivity contribution in [3.05, 3.63) is 83.2 Å².